The number of carbonyl (C=O) groups is 2. The fourth-order valence-electron chi connectivity index (χ4n) is 4.67. The molecule has 2 aliphatic rings. The average molecular weight is 490 g/mol. The second kappa shape index (κ2) is 8.18. The highest BCUT2D eigenvalue weighted by atomic mass is 32.2. The van der Waals surface area contributed by atoms with E-state index in [9.17, 15) is 22.8 Å². The van der Waals surface area contributed by atoms with E-state index >= 15 is 0 Å². The first-order chi connectivity index (χ1) is 15.7. The fourth-order valence-corrected chi connectivity index (χ4v) is 5.35. The van der Waals surface area contributed by atoms with Gasteiger partial charge in [-0.2, -0.15) is 13.2 Å². The molecule has 4 nitrogen and oxygen atoms in total. The molecular weight excluding hydrogens is 463 g/mol. The molecule has 1 aliphatic heterocycles. The summed E-state index contributed by atoms with van der Waals surface area (Å²) in [5, 5.41) is 1.70. The van der Waals surface area contributed by atoms with E-state index in [0.29, 0.717) is 11.3 Å². The van der Waals surface area contributed by atoms with Crippen molar-refractivity contribution in [3.05, 3.63) is 57.5 Å². The standard InChI is InChI=1S/C26H26F3NO3S/c1-24(2)8-9-25(3,4)19-13-17(26(27,28)29)15(12-18(19)24)16-10-14(6-7-20(16)33-5)11-21-22(31)30-23(32)34-21/h6-7,10-13H,8-9H2,1-5H3,(H,30,31,32)/b21-11+. The number of hydrogen-bond acceptors (Lipinski definition) is 4. The topological polar surface area (TPSA) is 55.4 Å². The Balaban J connectivity index is 1.97. The highest BCUT2D eigenvalue weighted by Crippen LogP contribution is 2.51. The molecule has 2 aromatic carbocycles. The number of benzene rings is 2. The summed E-state index contributed by atoms with van der Waals surface area (Å²) in [6, 6.07) is 7.75. The number of fused-ring (bicyclic) bond motifs is 1. The zero-order chi connectivity index (χ0) is 25.1. The van der Waals surface area contributed by atoms with Gasteiger partial charge in [0, 0.05) is 5.56 Å². The molecule has 0 saturated carbocycles. The first-order valence-corrected chi connectivity index (χ1v) is 11.7. The summed E-state index contributed by atoms with van der Waals surface area (Å²) < 4.78 is 48.5. The summed E-state index contributed by atoms with van der Waals surface area (Å²) in [7, 11) is 1.41. The smallest absolute Gasteiger partial charge is 0.417 e. The van der Waals surface area contributed by atoms with Gasteiger partial charge in [-0.15, -0.1) is 0 Å². The maximum Gasteiger partial charge on any atom is 0.417 e. The molecule has 0 radical (unpaired) electrons. The highest BCUT2D eigenvalue weighted by molar-refractivity contribution is 8.18. The summed E-state index contributed by atoms with van der Waals surface area (Å²) in [6.45, 7) is 8.09. The van der Waals surface area contributed by atoms with E-state index in [1.807, 2.05) is 13.8 Å². The minimum absolute atomic E-state index is 0.0359. The lowest BCUT2D eigenvalue weighted by Gasteiger charge is -2.42. The van der Waals surface area contributed by atoms with Crippen molar-refractivity contribution in [2.75, 3.05) is 7.11 Å². The maximum absolute atomic E-state index is 14.4. The fraction of sp³-hybridized carbons (Fsp3) is 0.385. The van der Waals surface area contributed by atoms with Gasteiger partial charge in [0.25, 0.3) is 11.1 Å². The van der Waals surface area contributed by atoms with Crippen LogP contribution in [-0.4, -0.2) is 18.3 Å². The second-order valence-electron chi connectivity index (χ2n) is 10.0. The van der Waals surface area contributed by atoms with E-state index in [2.05, 4.69) is 19.2 Å². The molecule has 0 unspecified atom stereocenters. The van der Waals surface area contributed by atoms with Crippen LogP contribution in [0.3, 0.4) is 0 Å². The zero-order valence-electron chi connectivity index (χ0n) is 19.6. The van der Waals surface area contributed by atoms with Gasteiger partial charge in [0.05, 0.1) is 17.6 Å². The van der Waals surface area contributed by atoms with Crippen LogP contribution in [0.15, 0.2) is 35.2 Å². The third-order valence-electron chi connectivity index (χ3n) is 6.75. The third-order valence-corrected chi connectivity index (χ3v) is 7.56. The van der Waals surface area contributed by atoms with Crippen molar-refractivity contribution < 1.29 is 27.5 Å². The van der Waals surface area contributed by atoms with Crippen LogP contribution in [-0.2, 0) is 21.8 Å². The van der Waals surface area contributed by atoms with E-state index in [4.69, 9.17) is 4.74 Å². The summed E-state index contributed by atoms with van der Waals surface area (Å²) in [6.07, 6.45) is -1.42. The largest absolute Gasteiger partial charge is 0.496 e. The van der Waals surface area contributed by atoms with Gasteiger partial charge >= 0.3 is 6.18 Å². The van der Waals surface area contributed by atoms with Crippen LogP contribution in [0, 0.1) is 0 Å². The number of halogens is 3. The number of rotatable bonds is 3. The van der Waals surface area contributed by atoms with Gasteiger partial charge in [0.15, 0.2) is 0 Å². The van der Waals surface area contributed by atoms with Gasteiger partial charge in [-0.1, -0.05) is 33.8 Å². The Morgan fingerprint density at radius 2 is 1.59 bits per heavy atom. The van der Waals surface area contributed by atoms with Gasteiger partial charge in [-0.05, 0) is 88.0 Å². The molecule has 0 bridgehead atoms. The number of nitrogens with one attached hydrogen (secondary N) is 1. The van der Waals surface area contributed by atoms with Crippen LogP contribution in [0.5, 0.6) is 5.75 Å². The van der Waals surface area contributed by atoms with E-state index in [-0.39, 0.29) is 26.9 Å². The summed E-state index contributed by atoms with van der Waals surface area (Å²) in [5.74, 6) is -0.235. The number of ether oxygens (including phenoxy) is 1. The van der Waals surface area contributed by atoms with Crippen LogP contribution < -0.4 is 10.1 Å². The lowest BCUT2D eigenvalue weighted by atomic mass is 9.62. The predicted molar refractivity (Wildman–Crippen MR) is 128 cm³/mol. The Morgan fingerprint density at radius 3 is 2.12 bits per heavy atom. The molecule has 1 N–H and O–H groups in total. The minimum atomic E-state index is -4.57. The SMILES string of the molecule is COc1ccc(/C=C2/SC(=O)NC2=O)cc1-c1cc2c(cc1C(F)(F)F)C(C)(C)CCC2(C)C. The van der Waals surface area contributed by atoms with Crippen LogP contribution in [0.25, 0.3) is 17.2 Å². The molecule has 2 aromatic rings. The van der Waals surface area contributed by atoms with Crippen LogP contribution in [0.4, 0.5) is 18.0 Å². The van der Waals surface area contributed by atoms with E-state index in [1.54, 1.807) is 24.3 Å². The molecule has 0 spiro atoms. The molecule has 4 rings (SSSR count). The number of hydrogen-bond donors (Lipinski definition) is 1. The summed E-state index contributed by atoms with van der Waals surface area (Å²) in [5.41, 5.74) is 1.05. The molecule has 180 valence electrons. The molecule has 1 fully saturated rings. The van der Waals surface area contributed by atoms with Gasteiger partial charge in [-0.3, -0.25) is 14.9 Å². The van der Waals surface area contributed by atoms with Crippen molar-refractivity contribution in [2.24, 2.45) is 0 Å². The monoisotopic (exact) mass is 489 g/mol. The van der Waals surface area contributed by atoms with E-state index < -0.39 is 22.9 Å². The van der Waals surface area contributed by atoms with Crippen LogP contribution >= 0.6 is 11.8 Å². The summed E-state index contributed by atoms with van der Waals surface area (Å²) in [4.78, 5) is 23.6. The van der Waals surface area contributed by atoms with Gasteiger partial charge < -0.3 is 4.74 Å². The van der Waals surface area contributed by atoms with Gasteiger partial charge in [-0.25, -0.2) is 0 Å². The lowest BCUT2D eigenvalue weighted by molar-refractivity contribution is -0.137. The number of imide groups is 1. The molecular formula is C26H26F3NO3S. The molecule has 0 atom stereocenters. The molecule has 1 saturated heterocycles. The van der Waals surface area contributed by atoms with Crippen LogP contribution in [0.2, 0.25) is 0 Å². The molecule has 2 amide bonds. The van der Waals surface area contributed by atoms with E-state index in [1.165, 1.54) is 19.3 Å². The van der Waals surface area contributed by atoms with Gasteiger partial charge in [0.2, 0.25) is 0 Å². The predicted octanol–water partition coefficient (Wildman–Crippen LogP) is 7.05. The Bertz CT molecular complexity index is 1230. The Morgan fingerprint density at radius 1 is 0.971 bits per heavy atom. The number of alkyl halides is 3. The normalized spacial score (nSPS) is 20.3. The van der Waals surface area contributed by atoms with Crippen molar-refractivity contribution in [1.29, 1.82) is 0 Å². The van der Waals surface area contributed by atoms with Crippen molar-refractivity contribution >= 4 is 29.0 Å². The minimum Gasteiger partial charge on any atom is -0.496 e. The highest BCUT2D eigenvalue weighted by Gasteiger charge is 2.42. The number of methoxy groups -OCH3 is 1. The molecule has 1 heterocycles. The lowest BCUT2D eigenvalue weighted by Crippen LogP contribution is -2.34. The number of amides is 2. The van der Waals surface area contributed by atoms with E-state index in [0.717, 1.165) is 35.7 Å². The van der Waals surface area contributed by atoms with Crippen molar-refractivity contribution in [2.45, 2.75) is 57.5 Å². The third kappa shape index (κ3) is 4.35. The second-order valence-corrected chi connectivity index (χ2v) is 11.0. The zero-order valence-corrected chi connectivity index (χ0v) is 20.5. The van der Waals surface area contributed by atoms with Gasteiger partial charge in [0.1, 0.15) is 5.75 Å². The molecule has 0 aromatic heterocycles. The molecule has 1 aliphatic carbocycles. The maximum atomic E-state index is 14.4. The van der Waals surface area contributed by atoms with Crippen molar-refractivity contribution in [3.63, 3.8) is 0 Å². The van der Waals surface area contributed by atoms with Crippen molar-refractivity contribution in [3.8, 4) is 16.9 Å². The number of carbonyl (C=O) groups excluding carboxylic acids is 2. The Hall–Kier alpha value is -2.74. The summed E-state index contributed by atoms with van der Waals surface area (Å²) >= 11 is 0.756. The molecule has 8 heteroatoms. The van der Waals surface area contributed by atoms with Crippen molar-refractivity contribution in [1.82, 2.24) is 5.32 Å². The first kappa shape index (κ1) is 24.4. The first-order valence-electron chi connectivity index (χ1n) is 10.9. The Kier molecular flexibility index (Phi) is 5.87. The quantitative estimate of drug-likeness (QED) is 0.469. The molecule has 34 heavy (non-hydrogen) atoms. The average Bonchev–Trinajstić information content (AvgIpc) is 3.06. The number of thioether (sulfide) groups is 1. The Labute approximate surface area is 201 Å². The van der Waals surface area contributed by atoms with Crippen LogP contribution in [0.1, 0.15) is 62.8 Å².